The lowest BCUT2D eigenvalue weighted by molar-refractivity contribution is -0.384. The van der Waals surface area contributed by atoms with Crippen molar-refractivity contribution in [3.05, 3.63) is 76.8 Å². The highest BCUT2D eigenvalue weighted by molar-refractivity contribution is 6.02. The number of benzene rings is 3. The number of carbonyl (C=O) groups is 1. The van der Waals surface area contributed by atoms with E-state index in [4.69, 9.17) is 16.0 Å². The van der Waals surface area contributed by atoms with Crippen molar-refractivity contribution in [3.63, 3.8) is 0 Å². The number of carbonyl (C=O) groups excluding carboxylic acids is 1. The number of aromatic nitrogens is 1. The number of nitro groups is 1. The lowest BCUT2D eigenvalue weighted by Gasteiger charge is -2.20. The van der Waals surface area contributed by atoms with Crippen LogP contribution in [0, 0.1) is 10.1 Å². The first kappa shape index (κ1) is 18.0. The van der Waals surface area contributed by atoms with Crippen LogP contribution >= 0.6 is 0 Å². The minimum atomic E-state index is -0.761. The summed E-state index contributed by atoms with van der Waals surface area (Å²) in [5.41, 5.74) is 14.3. The highest BCUT2D eigenvalue weighted by atomic mass is 16.6. The third-order valence-corrected chi connectivity index (χ3v) is 4.48. The van der Waals surface area contributed by atoms with E-state index < -0.39 is 11.0 Å². The quantitative estimate of drug-likeness (QED) is 0.396. The van der Waals surface area contributed by atoms with Gasteiger partial charge in [-0.2, -0.15) is 0 Å². The summed E-state index contributed by atoms with van der Waals surface area (Å²) in [6, 6.07) is 17.4. The average molecular weight is 389 g/mol. The van der Waals surface area contributed by atoms with Gasteiger partial charge in [-0.15, -0.1) is 0 Å². The maximum absolute atomic E-state index is 12.1. The Morgan fingerprint density at radius 3 is 2.45 bits per heavy atom. The van der Waals surface area contributed by atoms with Crippen molar-refractivity contribution < 1.29 is 14.2 Å². The number of anilines is 3. The summed E-state index contributed by atoms with van der Waals surface area (Å²) >= 11 is 0. The van der Waals surface area contributed by atoms with Crippen molar-refractivity contribution in [1.29, 1.82) is 0 Å². The van der Waals surface area contributed by atoms with Gasteiger partial charge in [-0.1, -0.05) is 35.5 Å². The summed E-state index contributed by atoms with van der Waals surface area (Å²) in [7, 11) is 0. The number of nitrogen functional groups attached to an aromatic ring is 1. The molecule has 9 heteroatoms. The molecule has 9 nitrogen and oxygen atoms in total. The van der Waals surface area contributed by atoms with Crippen LogP contribution < -0.4 is 16.4 Å². The number of amides is 2. The fourth-order valence-corrected chi connectivity index (χ4v) is 3.20. The Kier molecular flexibility index (Phi) is 4.32. The SMILES string of the molecule is NC(=O)N(c1ccc(-c2cccc3onc(N)c23)cc1)c1cccc([N+](=O)[O-])c1. The highest BCUT2D eigenvalue weighted by Crippen LogP contribution is 2.34. The topological polar surface area (TPSA) is 142 Å². The van der Waals surface area contributed by atoms with Crippen molar-refractivity contribution >= 4 is 39.9 Å². The van der Waals surface area contributed by atoms with Gasteiger partial charge in [0.2, 0.25) is 0 Å². The maximum Gasteiger partial charge on any atom is 0.323 e. The van der Waals surface area contributed by atoms with Crippen LogP contribution in [0.5, 0.6) is 0 Å². The van der Waals surface area contributed by atoms with E-state index in [1.54, 1.807) is 36.4 Å². The second-order valence-corrected chi connectivity index (χ2v) is 6.24. The van der Waals surface area contributed by atoms with Crippen molar-refractivity contribution in [1.82, 2.24) is 5.16 Å². The highest BCUT2D eigenvalue weighted by Gasteiger charge is 2.18. The summed E-state index contributed by atoms with van der Waals surface area (Å²) in [5.74, 6) is 0.287. The lowest BCUT2D eigenvalue weighted by atomic mass is 10.0. The fraction of sp³-hybridized carbons (Fsp3) is 0. The van der Waals surface area contributed by atoms with Gasteiger partial charge in [0.1, 0.15) is 0 Å². The van der Waals surface area contributed by atoms with Crippen molar-refractivity contribution in [2.45, 2.75) is 0 Å². The number of urea groups is 1. The number of non-ortho nitro benzene ring substituents is 1. The number of nitrogens with zero attached hydrogens (tertiary/aromatic N) is 3. The first-order valence-electron chi connectivity index (χ1n) is 8.54. The molecule has 0 aliphatic heterocycles. The zero-order chi connectivity index (χ0) is 20.5. The summed E-state index contributed by atoms with van der Waals surface area (Å²) < 4.78 is 5.19. The van der Waals surface area contributed by atoms with Crippen LogP contribution in [0.25, 0.3) is 22.1 Å². The number of nitrogens with two attached hydrogens (primary N) is 2. The normalized spacial score (nSPS) is 10.8. The van der Waals surface area contributed by atoms with Gasteiger partial charge in [0.15, 0.2) is 11.4 Å². The zero-order valence-electron chi connectivity index (χ0n) is 15.0. The molecule has 1 heterocycles. The van der Waals surface area contributed by atoms with Crippen LogP contribution in [0.1, 0.15) is 0 Å². The molecule has 0 unspecified atom stereocenters. The first-order valence-corrected chi connectivity index (χ1v) is 8.54. The molecule has 0 atom stereocenters. The van der Waals surface area contributed by atoms with E-state index >= 15 is 0 Å². The van der Waals surface area contributed by atoms with Crippen LogP contribution in [0.2, 0.25) is 0 Å². The Balaban J connectivity index is 1.75. The summed E-state index contributed by atoms with van der Waals surface area (Å²) in [6.07, 6.45) is 0. The summed E-state index contributed by atoms with van der Waals surface area (Å²) in [6.45, 7) is 0. The van der Waals surface area contributed by atoms with Crippen LogP contribution in [-0.4, -0.2) is 16.1 Å². The molecule has 0 saturated carbocycles. The van der Waals surface area contributed by atoms with Crippen molar-refractivity contribution in [2.24, 2.45) is 5.73 Å². The van der Waals surface area contributed by atoms with E-state index in [1.807, 2.05) is 12.1 Å². The lowest BCUT2D eigenvalue weighted by Crippen LogP contribution is -2.31. The van der Waals surface area contributed by atoms with Crippen molar-refractivity contribution in [3.8, 4) is 11.1 Å². The van der Waals surface area contributed by atoms with Crippen LogP contribution in [0.4, 0.5) is 27.7 Å². The van der Waals surface area contributed by atoms with Gasteiger partial charge in [-0.25, -0.2) is 4.79 Å². The third-order valence-electron chi connectivity index (χ3n) is 4.48. The molecule has 0 radical (unpaired) electrons. The third kappa shape index (κ3) is 3.21. The average Bonchev–Trinajstić information content (AvgIpc) is 3.10. The molecule has 2 amide bonds. The Labute approximate surface area is 164 Å². The summed E-state index contributed by atoms with van der Waals surface area (Å²) in [5, 5.41) is 15.5. The molecule has 0 bridgehead atoms. The van der Waals surface area contributed by atoms with Crippen LogP contribution in [0.3, 0.4) is 0 Å². The second-order valence-electron chi connectivity index (χ2n) is 6.24. The van der Waals surface area contributed by atoms with E-state index in [0.717, 1.165) is 11.1 Å². The van der Waals surface area contributed by atoms with Crippen LogP contribution in [-0.2, 0) is 0 Å². The Bertz CT molecular complexity index is 1230. The molecule has 0 spiro atoms. The first-order chi connectivity index (χ1) is 14.0. The second kappa shape index (κ2) is 6.97. The monoisotopic (exact) mass is 389 g/mol. The van der Waals surface area contributed by atoms with Gasteiger partial charge in [0.05, 0.1) is 21.7 Å². The van der Waals surface area contributed by atoms with Gasteiger partial charge in [-0.05, 0) is 35.4 Å². The molecule has 1 aromatic heterocycles. The number of nitro benzene ring substituents is 1. The molecule has 0 aliphatic carbocycles. The number of primary amides is 1. The van der Waals surface area contributed by atoms with E-state index in [2.05, 4.69) is 5.16 Å². The summed E-state index contributed by atoms with van der Waals surface area (Å²) in [4.78, 5) is 23.8. The van der Waals surface area contributed by atoms with Crippen LogP contribution in [0.15, 0.2) is 71.3 Å². The molecule has 0 fully saturated rings. The molecular formula is C20H15N5O4. The Hall–Kier alpha value is -4.40. The van der Waals surface area contributed by atoms with E-state index in [-0.39, 0.29) is 11.5 Å². The molecule has 144 valence electrons. The molecule has 0 aliphatic rings. The number of fused-ring (bicyclic) bond motifs is 1. The number of hydrogen-bond acceptors (Lipinski definition) is 6. The minimum absolute atomic E-state index is 0.139. The zero-order valence-corrected chi connectivity index (χ0v) is 15.0. The largest absolute Gasteiger partial charge is 0.380 e. The number of rotatable bonds is 4. The molecule has 4 rings (SSSR count). The minimum Gasteiger partial charge on any atom is -0.380 e. The predicted octanol–water partition coefficient (Wildman–Crippen LogP) is 4.20. The molecule has 0 saturated heterocycles. The molecule has 4 aromatic rings. The molecule has 3 aromatic carbocycles. The van der Waals surface area contributed by atoms with Gasteiger partial charge >= 0.3 is 6.03 Å². The van der Waals surface area contributed by atoms with E-state index in [1.165, 1.54) is 23.1 Å². The van der Waals surface area contributed by atoms with Gasteiger partial charge < -0.3 is 16.0 Å². The Morgan fingerprint density at radius 2 is 1.76 bits per heavy atom. The Morgan fingerprint density at radius 1 is 1.03 bits per heavy atom. The fourth-order valence-electron chi connectivity index (χ4n) is 3.20. The van der Waals surface area contributed by atoms with Crippen molar-refractivity contribution in [2.75, 3.05) is 10.6 Å². The van der Waals surface area contributed by atoms with E-state index in [0.29, 0.717) is 22.3 Å². The van der Waals surface area contributed by atoms with Gasteiger partial charge in [0.25, 0.3) is 5.69 Å². The standard InChI is InChI=1S/C20H15N5O4/c21-19-18-16(5-2-6-17(18)29-23-19)12-7-9-13(10-8-12)24(20(22)26)14-3-1-4-15(11-14)25(27)28/h1-11H,(H2,21,23)(H2,22,26). The number of hydrogen-bond donors (Lipinski definition) is 2. The van der Waals surface area contributed by atoms with E-state index in [9.17, 15) is 14.9 Å². The molecular weight excluding hydrogens is 374 g/mol. The smallest absolute Gasteiger partial charge is 0.323 e. The molecule has 29 heavy (non-hydrogen) atoms. The van der Waals surface area contributed by atoms with Gasteiger partial charge in [-0.3, -0.25) is 15.0 Å². The van der Waals surface area contributed by atoms with Gasteiger partial charge in [0, 0.05) is 12.1 Å². The predicted molar refractivity (Wildman–Crippen MR) is 109 cm³/mol. The molecule has 4 N–H and O–H groups in total. The maximum atomic E-state index is 12.1.